The molecule has 0 fully saturated rings. The van der Waals surface area contributed by atoms with E-state index in [-0.39, 0.29) is 6.04 Å². The molecule has 1 rings (SSSR count). The maximum absolute atomic E-state index is 5.57. The summed E-state index contributed by atoms with van der Waals surface area (Å²) in [7, 11) is 0. The van der Waals surface area contributed by atoms with Gasteiger partial charge in [0.25, 0.3) is 0 Å². The molecule has 1 aromatic rings. The number of ether oxygens (including phenoxy) is 1. The molecule has 0 amide bonds. The maximum atomic E-state index is 5.57. The first kappa shape index (κ1) is 11.9. The van der Waals surface area contributed by atoms with Crippen LogP contribution in [0.1, 0.15) is 19.4 Å². The molecule has 0 aliphatic heterocycles. The first-order valence-electron chi connectivity index (χ1n) is 5.37. The number of hydrogen-bond acceptors (Lipinski definition) is 3. The standard InChI is InChI=1S/C12H20N2O/c1-4-15-12-7-9(2)5-6-11(12)14-10(3)8-13/h5-7,10,14H,4,8,13H2,1-3H3. The van der Waals surface area contributed by atoms with Gasteiger partial charge < -0.3 is 15.8 Å². The van der Waals surface area contributed by atoms with Crippen molar-refractivity contribution < 1.29 is 4.74 Å². The van der Waals surface area contributed by atoms with Gasteiger partial charge in [0.15, 0.2) is 0 Å². The van der Waals surface area contributed by atoms with E-state index in [2.05, 4.69) is 25.2 Å². The SMILES string of the molecule is CCOc1cc(C)ccc1NC(C)CN. The largest absolute Gasteiger partial charge is 0.492 e. The van der Waals surface area contributed by atoms with Gasteiger partial charge in [-0.15, -0.1) is 0 Å². The molecule has 3 N–H and O–H groups in total. The molecule has 15 heavy (non-hydrogen) atoms. The van der Waals surface area contributed by atoms with E-state index < -0.39 is 0 Å². The predicted molar refractivity (Wildman–Crippen MR) is 64.5 cm³/mol. The monoisotopic (exact) mass is 208 g/mol. The van der Waals surface area contributed by atoms with Crippen LogP contribution in [-0.4, -0.2) is 19.2 Å². The molecule has 0 radical (unpaired) electrons. The van der Waals surface area contributed by atoms with E-state index in [0.29, 0.717) is 13.2 Å². The normalized spacial score (nSPS) is 12.3. The summed E-state index contributed by atoms with van der Waals surface area (Å²) in [5, 5.41) is 3.32. The molecule has 3 heteroatoms. The average Bonchev–Trinajstić information content (AvgIpc) is 2.22. The van der Waals surface area contributed by atoms with Crippen molar-refractivity contribution in [2.75, 3.05) is 18.5 Å². The maximum Gasteiger partial charge on any atom is 0.142 e. The highest BCUT2D eigenvalue weighted by atomic mass is 16.5. The molecule has 0 saturated carbocycles. The van der Waals surface area contributed by atoms with Crippen LogP contribution >= 0.6 is 0 Å². The second-order valence-electron chi connectivity index (χ2n) is 3.71. The van der Waals surface area contributed by atoms with Crippen molar-refractivity contribution in [3.63, 3.8) is 0 Å². The lowest BCUT2D eigenvalue weighted by molar-refractivity contribution is 0.341. The molecule has 1 atom stereocenters. The second-order valence-corrected chi connectivity index (χ2v) is 3.71. The zero-order chi connectivity index (χ0) is 11.3. The van der Waals surface area contributed by atoms with E-state index >= 15 is 0 Å². The van der Waals surface area contributed by atoms with Crippen LogP contribution in [0.2, 0.25) is 0 Å². The Labute approximate surface area is 91.6 Å². The number of nitrogens with one attached hydrogen (secondary N) is 1. The highest BCUT2D eigenvalue weighted by Gasteiger charge is 2.05. The molecule has 0 heterocycles. The van der Waals surface area contributed by atoms with Crippen molar-refractivity contribution in [1.29, 1.82) is 0 Å². The molecule has 0 bridgehead atoms. The van der Waals surface area contributed by atoms with Gasteiger partial charge in [0.05, 0.1) is 12.3 Å². The van der Waals surface area contributed by atoms with Crippen LogP contribution in [0.25, 0.3) is 0 Å². The van der Waals surface area contributed by atoms with Crippen LogP contribution in [0.3, 0.4) is 0 Å². The van der Waals surface area contributed by atoms with Gasteiger partial charge in [0, 0.05) is 12.6 Å². The summed E-state index contributed by atoms with van der Waals surface area (Å²) in [5.41, 5.74) is 7.78. The summed E-state index contributed by atoms with van der Waals surface area (Å²) in [6.07, 6.45) is 0. The fourth-order valence-electron chi connectivity index (χ4n) is 1.35. The number of anilines is 1. The van der Waals surface area contributed by atoms with Gasteiger partial charge in [0.1, 0.15) is 5.75 Å². The highest BCUT2D eigenvalue weighted by Crippen LogP contribution is 2.26. The van der Waals surface area contributed by atoms with E-state index in [1.165, 1.54) is 5.56 Å². The van der Waals surface area contributed by atoms with Gasteiger partial charge >= 0.3 is 0 Å². The number of aryl methyl sites for hydroxylation is 1. The Bertz CT molecular complexity index is 312. The van der Waals surface area contributed by atoms with Crippen molar-refractivity contribution in [3.8, 4) is 5.75 Å². The zero-order valence-corrected chi connectivity index (χ0v) is 9.71. The molecule has 1 unspecified atom stereocenters. The summed E-state index contributed by atoms with van der Waals surface area (Å²) in [5.74, 6) is 0.901. The predicted octanol–water partition coefficient (Wildman–Crippen LogP) is 2.15. The smallest absolute Gasteiger partial charge is 0.142 e. The molecule has 0 aliphatic rings. The summed E-state index contributed by atoms with van der Waals surface area (Å²) in [4.78, 5) is 0. The Balaban J connectivity index is 2.85. The third kappa shape index (κ3) is 3.44. The molecular formula is C12H20N2O. The summed E-state index contributed by atoms with van der Waals surface area (Å²) in [6, 6.07) is 6.39. The van der Waals surface area contributed by atoms with Gasteiger partial charge in [-0.1, -0.05) is 6.07 Å². The van der Waals surface area contributed by atoms with Gasteiger partial charge in [-0.2, -0.15) is 0 Å². The minimum Gasteiger partial charge on any atom is -0.492 e. The summed E-state index contributed by atoms with van der Waals surface area (Å²) in [6.45, 7) is 7.38. The number of hydrogen-bond donors (Lipinski definition) is 2. The Morgan fingerprint density at radius 2 is 2.20 bits per heavy atom. The highest BCUT2D eigenvalue weighted by molar-refractivity contribution is 5.58. The van der Waals surface area contributed by atoms with Crippen LogP contribution in [0.5, 0.6) is 5.75 Å². The number of benzene rings is 1. The van der Waals surface area contributed by atoms with Gasteiger partial charge in [-0.3, -0.25) is 0 Å². The molecule has 0 aliphatic carbocycles. The summed E-state index contributed by atoms with van der Waals surface area (Å²) < 4.78 is 5.56. The van der Waals surface area contributed by atoms with E-state index in [1.54, 1.807) is 0 Å². The fourth-order valence-corrected chi connectivity index (χ4v) is 1.35. The van der Waals surface area contributed by atoms with E-state index in [0.717, 1.165) is 11.4 Å². The van der Waals surface area contributed by atoms with Gasteiger partial charge in [0.2, 0.25) is 0 Å². The lowest BCUT2D eigenvalue weighted by Crippen LogP contribution is -2.25. The topological polar surface area (TPSA) is 47.3 Å². The van der Waals surface area contributed by atoms with Gasteiger partial charge in [-0.25, -0.2) is 0 Å². The van der Waals surface area contributed by atoms with Crippen LogP contribution in [0, 0.1) is 6.92 Å². The van der Waals surface area contributed by atoms with Crippen molar-refractivity contribution >= 4 is 5.69 Å². The van der Waals surface area contributed by atoms with Crippen LogP contribution < -0.4 is 15.8 Å². The second kappa shape index (κ2) is 5.61. The quantitative estimate of drug-likeness (QED) is 0.779. The molecule has 0 spiro atoms. The zero-order valence-electron chi connectivity index (χ0n) is 9.71. The molecule has 3 nitrogen and oxygen atoms in total. The molecular weight excluding hydrogens is 188 g/mol. The van der Waals surface area contributed by atoms with Crippen LogP contribution in [0.4, 0.5) is 5.69 Å². The fraction of sp³-hybridized carbons (Fsp3) is 0.500. The molecule has 84 valence electrons. The van der Waals surface area contributed by atoms with Crippen LogP contribution in [-0.2, 0) is 0 Å². The van der Waals surface area contributed by atoms with Crippen molar-refractivity contribution in [3.05, 3.63) is 23.8 Å². The first-order chi connectivity index (χ1) is 7.17. The van der Waals surface area contributed by atoms with Crippen LogP contribution in [0.15, 0.2) is 18.2 Å². The minimum absolute atomic E-state index is 0.256. The average molecular weight is 208 g/mol. The summed E-state index contributed by atoms with van der Waals surface area (Å²) >= 11 is 0. The van der Waals surface area contributed by atoms with E-state index in [9.17, 15) is 0 Å². The Hall–Kier alpha value is -1.22. The van der Waals surface area contributed by atoms with Crippen molar-refractivity contribution in [2.45, 2.75) is 26.8 Å². The van der Waals surface area contributed by atoms with E-state index in [1.807, 2.05) is 19.1 Å². The van der Waals surface area contributed by atoms with Crippen molar-refractivity contribution in [2.24, 2.45) is 5.73 Å². The molecule has 0 saturated heterocycles. The Kier molecular flexibility index (Phi) is 4.43. The number of nitrogens with two attached hydrogens (primary N) is 1. The third-order valence-corrected chi connectivity index (χ3v) is 2.19. The van der Waals surface area contributed by atoms with Gasteiger partial charge in [-0.05, 0) is 38.5 Å². The third-order valence-electron chi connectivity index (χ3n) is 2.19. The minimum atomic E-state index is 0.256. The van der Waals surface area contributed by atoms with E-state index in [4.69, 9.17) is 10.5 Å². The lowest BCUT2D eigenvalue weighted by atomic mass is 10.2. The lowest BCUT2D eigenvalue weighted by Gasteiger charge is -2.17. The van der Waals surface area contributed by atoms with Crippen molar-refractivity contribution in [1.82, 2.24) is 0 Å². The Morgan fingerprint density at radius 3 is 2.80 bits per heavy atom. The molecule has 1 aromatic carbocycles. The molecule has 0 aromatic heterocycles. The number of rotatable bonds is 5. The Morgan fingerprint density at radius 1 is 1.47 bits per heavy atom. The first-order valence-corrected chi connectivity index (χ1v) is 5.37.